The van der Waals surface area contributed by atoms with Crippen LogP contribution in [0.4, 0.5) is 13.2 Å². The maximum atomic E-state index is 13.1. The van der Waals surface area contributed by atoms with Crippen molar-refractivity contribution in [1.82, 2.24) is 19.5 Å². The molecule has 0 fully saturated rings. The molecule has 0 bridgehead atoms. The molecule has 32 heavy (non-hydrogen) atoms. The molecule has 11 heteroatoms. The van der Waals surface area contributed by atoms with Gasteiger partial charge in [-0.3, -0.25) is 4.79 Å². The van der Waals surface area contributed by atoms with Gasteiger partial charge in [-0.05, 0) is 43.3 Å². The molecule has 8 nitrogen and oxygen atoms in total. The van der Waals surface area contributed by atoms with Crippen molar-refractivity contribution in [3.63, 3.8) is 0 Å². The van der Waals surface area contributed by atoms with Crippen molar-refractivity contribution in [2.24, 2.45) is 5.73 Å². The molecule has 0 aliphatic heterocycles. The Balaban J connectivity index is 1.95. The fraction of sp³-hybridized carbons (Fsp3) is 0.143. The van der Waals surface area contributed by atoms with Crippen LogP contribution >= 0.6 is 0 Å². The number of carbonyl (C=O) groups excluding carboxylic acids is 1. The quantitative estimate of drug-likeness (QED) is 0.491. The number of imidazole rings is 1. The number of aromatic nitrogens is 4. The number of carbonyl (C=O) groups is 1. The second-order valence-corrected chi connectivity index (χ2v) is 6.73. The molecule has 2 heterocycles. The number of benzene rings is 2. The number of nitrogens with one attached hydrogen (secondary N) is 1. The zero-order valence-corrected chi connectivity index (χ0v) is 16.6. The third-order valence-electron chi connectivity index (χ3n) is 4.62. The van der Waals surface area contributed by atoms with Gasteiger partial charge >= 0.3 is 11.9 Å². The van der Waals surface area contributed by atoms with Crippen LogP contribution in [0, 0.1) is 0 Å². The number of nitrogens with two attached hydrogens (primary N) is 1. The van der Waals surface area contributed by atoms with E-state index in [0.717, 1.165) is 12.1 Å². The molecular formula is C21H16F3N5O3. The smallest absolute Gasteiger partial charge is 0.416 e. The number of hydrogen-bond acceptors (Lipinski definition) is 5. The van der Waals surface area contributed by atoms with Gasteiger partial charge in [-0.2, -0.15) is 13.2 Å². The van der Waals surface area contributed by atoms with Crippen LogP contribution in [0.1, 0.15) is 23.0 Å². The van der Waals surface area contributed by atoms with E-state index >= 15 is 0 Å². The minimum atomic E-state index is -4.58. The van der Waals surface area contributed by atoms with Crippen LogP contribution in [-0.2, 0) is 6.18 Å². The van der Waals surface area contributed by atoms with Crippen molar-refractivity contribution >= 4 is 17.1 Å². The van der Waals surface area contributed by atoms with Gasteiger partial charge < -0.3 is 15.5 Å². The monoisotopic (exact) mass is 443 g/mol. The van der Waals surface area contributed by atoms with Crippen LogP contribution in [0.5, 0.6) is 5.75 Å². The molecule has 0 atom stereocenters. The number of fused-ring (bicyclic) bond motifs is 1. The van der Waals surface area contributed by atoms with Crippen molar-refractivity contribution in [1.29, 1.82) is 0 Å². The minimum Gasteiger partial charge on any atom is -0.494 e. The number of H-pyrrole nitrogens is 1. The summed E-state index contributed by atoms with van der Waals surface area (Å²) in [6.45, 7) is 2.29. The Morgan fingerprint density at radius 3 is 2.50 bits per heavy atom. The first-order valence-corrected chi connectivity index (χ1v) is 9.42. The molecule has 2 aromatic heterocycles. The third kappa shape index (κ3) is 3.80. The third-order valence-corrected chi connectivity index (χ3v) is 4.62. The van der Waals surface area contributed by atoms with E-state index in [9.17, 15) is 22.8 Å². The van der Waals surface area contributed by atoms with Gasteiger partial charge in [-0.25, -0.2) is 19.3 Å². The standard InChI is InChI=1S/C21H16F3N5O3/c1-2-32-14-8-6-13(7-9-14)29-19-16(27-20(29)31)15(17(25)30)26-18(28-19)11-4-3-5-12(10-11)21(22,23)24/h3-10H,2H2,1H3,(H2,25,30)(H,27,31). The molecule has 1 amide bonds. The average molecular weight is 443 g/mol. The number of primary amides is 1. The number of rotatable bonds is 5. The first-order valence-electron chi connectivity index (χ1n) is 9.42. The first kappa shape index (κ1) is 21.1. The van der Waals surface area contributed by atoms with Crippen molar-refractivity contribution < 1.29 is 22.7 Å². The molecule has 4 rings (SSSR count). The lowest BCUT2D eigenvalue weighted by Crippen LogP contribution is -2.15. The van der Waals surface area contributed by atoms with Crippen LogP contribution in [0.3, 0.4) is 0 Å². The Morgan fingerprint density at radius 1 is 1.16 bits per heavy atom. The van der Waals surface area contributed by atoms with Gasteiger partial charge in [-0.15, -0.1) is 0 Å². The number of alkyl halides is 3. The Hall–Kier alpha value is -4.15. The van der Waals surface area contributed by atoms with Gasteiger partial charge in [-0.1, -0.05) is 12.1 Å². The summed E-state index contributed by atoms with van der Waals surface area (Å²) in [5.74, 6) is -0.567. The fourth-order valence-electron chi connectivity index (χ4n) is 3.22. The summed E-state index contributed by atoms with van der Waals surface area (Å²) in [6, 6.07) is 10.8. The number of hydrogen-bond donors (Lipinski definition) is 2. The number of amides is 1. The number of ether oxygens (including phenoxy) is 1. The molecule has 0 saturated heterocycles. The van der Waals surface area contributed by atoms with Gasteiger partial charge in [0.15, 0.2) is 17.2 Å². The summed E-state index contributed by atoms with van der Waals surface area (Å²) >= 11 is 0. The topological polar surface area (TPSA) is 116 Å². The molecule has 0 unspecified atom stereocenters. The second kappa shape index (κ2) is 7.84. The largest absolute Gasteiger partial charge is 0.494 e. The zero-order valence-electron chi connectivity index (χ0n) is 16.6. The summed E-state index contributed by atoms with van der Waals surface area (Å²) < 4.78 is 46.0. The molecule has 2 aromatic carbocycles. The summed E-state index contributed by atoms with van der Waals surface area (Å²) in [5, 5.41) is 0. The van der Waals surface area contributed by atoms with Gasteiger partial charge in [0, 0.05) is 5.56 Å². The Labute approximate surface area is 178 Å². The molecule has 0 aliphatic carbocycles. The predicted octanol–water partition coefficient (Wildman–Crippen LogP) is 3.29. The van der Waals surface area contributed by atoms with E-state index in [1.54, 1.807) is 24.3 Å². The highest BCUT2D eigenvalue weighted by atomic mass is 19.4. The normalized spacial score (nSPS) is 11.6. The number of halogens is 3. The van der Waals surface area contributed by atoms with E-state index in [-0.39, 0.29) is 28.2 Å². The number of aromatic amines is 1. The van der Waals surface area contributed by atoms with Crippen LogP contribution in [-0.4, -0.2) is 32.0 Å². The lowest BCUT2D eigenvalue weighted by Gasteiger charge is -2.10. The van der Waals surface area contributed by atoms with Crippen LogP contribution in [0.2, 0.25) is 0 Å². The van der Waals surface area contributed by atoms with Crippen molar-refractivity contribution in [3.8, 4) is 22.8 Å². The highest BCUT2D eigenvalue weighted by Crippen LogP contribution is 2.32. The summed E-state index contributed by atoms with van der Waals surface area (Å²) in [5.41, 5.74) is 3.96. The zero-order chi connectivity index (χ0) is 23.0. The lowest BCUT2D eigenvalue weighted by molar-refractivity contribution is -0.137. The molecule has 0 spiro atoms. The highest BCUT2D eigenvalue weighted by Gasteiger charge is 2.31. The molecule has 3 N–H and O–H groups in total. The fourth-order valence-corrected chi connectivity index (χ4v) is 3.22. The summed E-state index contributed by atoms with van der Waals surface area (Å²) in [4.78, 5) is 35.5. The maximum absolute atomic E-state index is 13.1. The van der Waals surface area contributed by atoms with E-state index in [2.05, 4.69) is 15.0 Å². The Kier molecular flexibility index (Phi) is 5.17. The Bertz CT molecular complexity index is 1370. The molecule has 4 aromatic rings. The van der Waals surface area contributed by atoms with Crippen molar-refractivity contribution in [2.45, 2.75) is 13.1 Å². The summed E-state index contributed by atoms with van der Waals surface area (Å²) in [7, 11) is 0. The SMILES string of the molecule is CCOc1ccc(-n2c(=O)[nH]c3c(C(N)=O)nc(-c4cccc(C(F)(F)F)c4)nc32)cc1. The van der Waals surface area contributed by atoms with Gasteiger partial charge in [0.05, 0.1) is 17.9 Å². The van der Waals surface area contributed by atoms with Crippen molar-refractivity contribution in [3.05, 3.63) is 70.3 Å². The lowest BCUT2D eigenvalue weighted by atomic mass is 10.1. The minimum absolute atomic E-state index is 0.00429. The molecule has 0 saturated carbocycles. The predicted molar refractivity (Wildman–Crippen MR) is 110 cm³/mol. The van der Waals surface area contributed by atoms with Gasteiger partial charge in [0.1, 0.15) is 11.3 Å². The van der Waals surface area contributed by atoms with Gasteiger partial charge in [0.2, 0.25) is 0 Å². The highest BCUT2D eigenvalue weighted by molar-refractivity contribution is 6.02. The van der Waals surface area contributed by atoms with Gasteiger partial charge in [0.25, 0.3) is 5.91 Å². The van der Waals surface area contributed by atoms with E-state index < -0.39 is 23.3 Å². The van der Waals surface area contributed by atoms with E-state index in [1.807, 2.05) is 6.92 Å². The molecular weight excluding hydrogens is 427 g/mol. The molecule has 0 radical (unpaired) electrons. The average Bonchev–Trinajstić information content (AvgIpc) is 3.09. The Morgan fingerprint density at radius 2 is 1.88 bits per heavy atom. The molecule has 164 valence electrons. The summed E-state index contributed by atoms with van der Waals surface area (Å²) in [6.07, 6.45) is -4.58. The van der Waals surface area contributed by atoms with E-state index in [1.165, 1.54) is 16.7 Å². The van der Waals surface area contributed by atoms with Crippen LogP contribution in [0.25, 0.3) is 28.2 Å². The maximum Gasteiger partial charge on any atom is 0.416 e. The van der Waals surface area contributed by atoms with Crippen molar-refractivity contribution in [2.75, 3.05) is 6.61 Å². The molecule has 0 aliphatic rings. The first-order chi connectivity index (χ1) is 15.2. The van der Waals surface area contributed by atoms with Crippen LogP contribution in [0.15, 0.2) is 53.3 Å². The van der Waals surface area contributed by atoms with E-state index in [0.29, 0.717) is 18.0 Å². The second-order valence-electron chi connectivity index (χ2n) is 6.73. The van der Waals surface area contributed by atoms with Crippen LogP contribution < -0.4 is 16.2 Å². The number of nitrogens with zero attached hydrogens (tertiary/aromatic N) is 3. The van der Waals surface area contributed by atoms with E-state index in [4.69, 9.17) is 10.5 Å².